The zero-order valence-corrected chi connectivity index (χ0v) is 9.93. The number of aliphatic hydroxyl groups is 1. The van der Waals surface area contributed by atoms with Gasteiger partial charge in [0.2, 0.25) is 0 Å². The maximum Gasteiger partial charge on any atom is 0.187 e. The predicted molar refractivity (Wildman–Crippen MR) is 68.5 cm³/mol. The van der Waals surface area contributed by atoms with Crippen LogP contribution < -0.4 is 0 Å². The molecule has 0 spiro atoms. The first-order chi connectivity index (χ1) is 8.21. The van der Waals surface area contributed by atoms with Crippen LogP contribution >= 0.6 is 0 Å². The van der Waals surface area contributed by atoms with Crippen LogP contribution in [0.2, 0.25) is 0 Å². The Labute approximate surface area is 102 Å². The van der Waals surface area contributed by atoms with Gasteiger partial charge >= 0.3 is 0 Å². The van der Waals surface area contributed by atoms with E-state index in [0.717, 1.165) is 24.8 Å². The van der Waals surface area contributed by atoms with E-state index in [4.69, 9.17) is 0 Å². The molecule has 1 aromatic rings. The van der Waals surface area contributed by atoms with Gasteiger partial charge in [-0.2, -0.15) is 0 Å². The maximum absolute atomic E-state index is 12.0. The lowest BCUT2D eigenvalue weighted by atomic mass is 9.81. The third-order valence-corrected chi connectivity index (χ3v) is 3.37. The number of rotatable bonds is 3. The van der Waals surface area contributed by atoms with E-state index in [2.05, 4.69) is 0 Å². The summed E-state index contributed by atoms with van der Waals surface area (Å²) in [6.45, 7) is 0. The van der Waals surface area contributed by atoms with Crippen molar-refractivity contribution in [3.05, 3.63) is 42.0 Å². The first-order valence-electron chi connectivity index (χ1n) is 6.21. The summed E-state index contributed by atoms with van der Waals surface area (Å²) < 4.78 is 0. The Bertz CT molecular complexity index is 400. The van der Waals surface area contributed by atoms with Crippen LogP contribution in [0.4, 0.5) is 0 Å². The Kier molecular flexibility index (Phi) is 3.75. The Balaban J connectivity index is 2.03. The van der Waals surface area contributed by atoms with Crippen molar-refractivity contribution in [3.8, 4) is 0 Å². The average Bonchev–Trinajstić information content (AvgIpc) is 2.38. The summed E-state index contributed by atoms with van der Waals surface area (Å²) in [7, 11) is 0. The van der Waals surface area contributed by atoms with Crippen LogP contribution in [0.5, 0.6) is 0 Å². The van der Waals surface area contributed by atoms with Gasteiger partial charge in [-0.1, -0.05) is 55.7 Å². The van der Waals surface area contributed by atoms with E-state index in [-0.39, 0.29) is 5.78 Å². The summed E-state index contributed by atoms with van der Waals surface area (Å²) in [6.07, 6.45) is 7.51. The average molecular weight is 230 g/mol. The fraction of sp³-hybridized carbons (Fsp3) is 0.400. The summed E-state index contributed by atoms with van der Waals surface area (Å²) in [6, 6.07) is 9.68. The molecule has 2 nitrogen and oxygen atoms in total. The molecule has 0 atom stereocenters. The third-order valence-electron chi connectivity index (χ3n) is 3.37. The lowest BCUT2D eigenvalue weighted by Gasteiger charge is -2.29. The Morgan fingerprint density at radius 2 is 1.76 bits per heavy atom. The first-order valence-corrected chi connectivity index (χ1v) is 6.21. The van der Waals surface area contributed by atoms with Crippen LogP contribution in [-0.4, -0.2) is 16.5 Å². The molecule has 90 valence electrons. The van der Waals surface area contributed by atoms with E-state index in [1.807, 2.05) is 30.3 Å². The normalized spacial score (nSPS) is 19.4. The van der Waals surface area contributed by atoms with Crippen molar-refractivity contribution in [2.24, 2.45) is 0 Å². The van der Waals surface area contributed by atoms with Crippen molar-refractivity contribution < 1.29 is 9.90 Å². The number of carbonyl (C=O) groups excluding carboxylic acids is 1. The quantitative estimate of drug-likeness (QED) is 0.810. The molecular weight excluding hydrogens is 212 g/mol. The van der Waals surface area contributed by atoms with Crippen molar-refractivity contribution in [1.82, 2.24) is 0 Å². The molecular formula is C15H18O2. The summed E-state index contributed by atoms with van der Waals surface area (Å²) >= 11 is 0. The van der Waals surface area contributed by atoms with Crippen LogP contribution in [0.3, 0.4) is 0 Å². The van der Waals surface area contributed by atoms with Gasteiger partial charge in [0.05, 0.1) is 0 Å². The second-order valence-corrected chi connectivity index (χ2v) is 4.70. The van der Waals surface area contributed by atoms with E-state index >= 15 is 0 Å². The molecule has 1 N–H and O–H groups in total. The highest BCUT2D eigenvalue weighted by atomic mass is 16.3. The van der Waals surface area contributed by atoms with Crippen LogP contribution in [0.15, 0.2) is 36.4 Å². The molecule has 17 heavy (non-hydrogen) atoms. The zero-order valence-electron chi connectivity index (χ0n) is 9.93. The molecule has 2 rings (SSSR count). The molecule has 0 aromatic heterocycles. The van der Waals surface area contributed by atoms with Gasteiger partial charge in [-0.15, -0.1) is 0 Å². The molecule has 0 heterocycles. The monoisotopic (exact) mass is 230 g/mol. The van der Waals surface area contributed by atoms with Gasteiger partial charge in [0.1, 0.15) is 5.60 Å². The maximum atomic E-state index is 12.0. The van der Waals surface area contributed by atoms with E-state index in [9.17, 15) is 9.90 Å². The van der Waals surface area contributed by atoms with E-state index in [0.29, 0.717) is 12.8 Å². The Morgan fingerprint density at radius 3 is 2.41 bits per heavy atom. The number of benzene rings is 1. The SMILES string of the molecule is O=C(C=Cc1ccccc1)C1(O)CCCCC1. The van der Waals surface area contributed by atoms with Gasteiger partial charge in [-0.05, 0) is 24.5 Å². The van der Waals surface area contributed by atoms with Gasteiger partial charge in [-0.25, -0.2) is 0 Å². The molecule has 1 aliphatic carbocycles. The fourth-order valence-electron chi connectivity index (χ4n) is 2.27. The fourth-order valence-corrected chi connectivity index (χ4v) is 2.27. The van der Waals surface area contributed by atoms with Crippen molar-refractivity contribution in [2.45, 2.75) is 37.7 Å². The van der Waals surface area contributed by atoms with E-state index in [1.54, 1.807) is 6.08 Å². The van der Waals surface area contributed by atoms with Gasteiger partial charge in [0, 0.05) is 0 Å². The molecule has 0 radical (unpaired) electrons. The molecule has 1 fully saturated rings. The lowest BCUT2D eigenvalue weighted by Crippen LogP contribution is -2.39. The summed E-state index contributed by atoms with van der Waals surface area (Å²) in [5.41, 5.74) is -0.121. The molecule has 0 amide bonds. The molecule has 1 aliphatic rings. The Hall–Kier alpha value is -1.41. The van der Waals surface area contributed by atoms with Gasteiger partial charge < -0.3 is 5.11 Å². The standard InChI is InChI=1S/C15H18O2/c16-14(15(17)11-5-2-6-12-15)10-9-13-7-3-1-4-8-13/h1,3-4,7-10,17H,2,5-6,11-12H2. The molecule has 0 aliphatic heterocycles. The van der Waals surface area contributed by atoms with Crippen LogP contribution in [0, 0.1) is 0 Å². The van der Waals surface area contributed by atoms with E-state index < -0.39 is 5.60 Å². The topological polar surface area (TPSA) is 37.3 Å². The minimum atomic E-state index is -1.11. The second kappa shape index (κ2) is 5.28. The highest BCUT2D eigenvalue weighted by Gasteiger charge is 2.34. The second-order valence-electron chi connectivity index (χ2n) is 4.70. The largest absolute Gasteiger partial charge is 0.382 e. The molecule has 0 bridgehead atoms. The Morgan fingerprint density at radius 1 is 1.12 bits per heavy atom. The first kappa shape index (κ1) is 12.1. The summed E-state index contributed by atoms with van der Waals surface area (Å²) in [5.74, 6) is -0.152. The van der Waals surface area contributed by atoms with Gasteiger partial charge in [0.25, 0.3) is 0 Å². The van der Waals surface area contributed by atoms with E-state index in [1.165, 1.54) is 6.08 Å². The highest BCUT2D eigenvalue weighted by Crippen LogP contribution is 2.29. The van der Waals surface area contributed by atoms with Crippen LogP contribution in [0.1, 0.15) is 37.7 Å². The third kappa shape index (κ3) is 3.04. The van der Waals surface area contributed by atoms with Crippen molar-refractivity contribution in [1.29, 1.82) is 0 Å². The number of ketones is 1. The zero-order chi connectivity index (χ0) is 12.1. The minimum Gasteiger partial charge on any atom is -0.382 e. The molecule has 1 saturated carbocycles. The molecule has 0 saturated heterocycles. The molecule has 0 unspecified atom stereocenters. The lowest BCUT2D eigenvalue weighted by molar-refractivity contribution is -0.135. The van der Waals surface area contributed by atoms with Gasteiger partial charge in [-0.3, -0.25) is 4.79 Å². The summed E-state index contributed by atoms with van der Waals surface area (Å²) in [4.78, 5) is 12.0. The molecule has 1 aromatic carbocycles. The minimum absolute atomic E-state index is 0.152. The smallest absolute Gasteiger partial charge is 0.187 e. The van der Waals surface area contributed by atoms with Crippen molar-refractivity contribution >= 4 is 11.9 Å². The predicted octanol–water partition coefficient (Wildman–Crippen LogP) is 2.96. The van der Waals surface area contributed by atoms with Crippen molar-refractivity contribution in [3.63, 3.8) is 0 Å². The van der Waals surface area contributed by atoms with Crippen LogP contribution in [-0.2, 0) is 4.79 Å². The number of hydrogen-bond acceptors (Lipinski definition) is 2. The van der Waals surface area contributed by atoms with Gasteiger partial charge in [0.15, 0.2) is 5.78 Å². The molecule has 2 heteroatoms. The van der Waals surface area contributed by atoms with Crippen molar-refractivity contribution in [2.75, 3.05) is 0 Å². The highest BCUT2D eigenvalue weighted by molar-refractivity contribution is 5.99. The summed E-state index contributed by atoms with van der Waals surface area (Å²) in [5, 5.41) is 10.2. The number of carbonyl (C=O) groups is 1. The number of hydrogen-bond donors (Lipinski definition) is 1. The van der Waals surface area contributed by atoms with Crippen LogP contribution in [0.25, 0.3) is 6.08 Å².